The number of rotatable bonds is 5. The van der Waals surface area contributed by atoms with Gasteiger partial charge in [-0.05, 0) is 51.0 Å². The molecule has 26 heavy (non-hydrogen) atoms. The van der Waals surface area contributed by atoms with Crippen molar-refractivity contribution in [3.63, 3.8) is 0 Å². The summed E-state index contributed by atoms with van der Waals surface area (Å²) >= 11 is 3.22. The van der Waals surface area contributed by atoms with Crippen molar-refractivity contribution in [1.82, 2.24) is 9.25 Å². The first-order valence-corrected chi connectivity index (χ1v) is 11.2. The number of hydrazine groups is 1. The Bertz CT molecular complexity index is 1160. The fraction of sp³-hybridized carbons (Fsp3) is 0.0588. The molecule has 0 heterocycles. The third-order valence-electron chi connectivity index (χ3n) is 3.75. The first-order valence-electron chi connectivity index (χ1n) is 7.49. The summed E-state index contributed by atoms with van der Waals surface area (Å²) in [5.74, 6) is 0. The lowest BCUT2D eigenvalue weighted by Crippen LogP contribution is -2.44. The maximum Gasteiger partial charge on any atom is 0.269 e. The standard InChI is InChI=1S/C17H15BrN2O4S2/c1-19-20(25(21,22)16-10-7-15(18)8-11-16)26(23,24)17-9-6-13-4-2-3-5-14(13)12-17/h2-12,19H,1H3. The van der Waals surface area contributed by atoms with Gasteiger partial charge in [-0.2, -0.15) is 0 Å². The molecule has 0 spiro atoms. The third-order valence-corrected chi connectivity index (χ3v) is 8.41. The van der Waals surface area contributed by atoms with Gasteiger partial charge in [0.1, 0.15) is 0 Å². The zero-order chi connectivity index (χ0) is 18.9. The Balaban J connectivity index is 2.11. The molecule has 0 saturated heterocycles. The summed E-state index contributed by atoms with van der Waals surface area (Å²) < 4.78 is 52.6. The minimum absolute atomic E-state index is 0.119. The van der Waals surface area contributed by atoms with E-state index in [1.807, 2.05) is 12.1 Å². The fourth-order valence-corrected chi connectivity index (χ4v) is 6.17. The number of sulfonamides is 2. The molecule has 3 rings (SSSR count). The number of nitrogens with one attached hydrogen (secondary N) is 1. The van der Waals surface area contributed by atoms with Crippen molar-refractivity contribution in [2.75, 3.05) is 7.05 Å². The van der Waals surface area contributed by atoms with E-state index in [1.54, 1.807) is 18.2 Å². The molecule has 136 valence electrons. The van der Waals surface area contributed by atoms with Crippen molar-refractivity contribution in [3.8, 4) is 0 Å². The Labute approximate surface area is 160 Å². The van der Waals surface area contributed by atoms with Crippen LogP contribution in [-0.2, 0) is 20.0 Å². The van der Waals surface area contributed by atoms with Gasteiger partial charge in [0.05, 0.1) is 9.79 Å². The second-order valence-electron chi connectivity index (χ2n) is 5.39. The molecule has 0 aliphatic carbocycles. The summed E-state index contributed by atoms with van der Waals surface area (Å²) in [5.41, 5.74) is 2.29. The summed E-state index contributed by atoms with van der Waals surface area (Å²) in [5, 5.41) is 1.56. The summed E-state index contributed by atoms with van der Waals surface area (Å²) in [6, 6.07) is 17.4. The van der Waals surface area contributed by atoms with Crippen LogP contribution in [0.3, 0.4) is 0 Å². The molecule has 0 unspecified atom stereocenters. The van der Waals surface area contributed by atoms with Crippen LogP contribution in [0.15, 0.2) is 81.0 Å². The molecule has 6 nitrogen and oxygen atoms in total. The minimum Gasteiger partial charge on any atom is -0.230 e. The Morgan fingerprint density at radius 3 is 1.92 bits per heavy atom. The van der Waals surface area contributed by atoms with E-state index in [4.69, 9.17) is 0 Å². The molecule has 0 aliphatic heterocycles. The van der Waals surface area contributed by atoms with Gasteiger partial charge in [-0.25, -0.2) is 22.3 Å². The molecule has 0 amide bonds. The summed E-state index contributed by atoms with van der Waals surface area (Å²) in [4.78, 5) is -0.259. The van der Waals surface area contributed by atoms with E-state index in [2.05, 4.69) is 21.4 Å². The van der Waals surface area contributed by atoms with Crippen molar-refractivity contribution in [3.05, 3.63) is 71.2 Å². The van der Waals surface area contributed by atoms with Crippen LogP contribution in [0, 0.1) is 0 Å². The molecule has 0 aliphatic rings. The lowest BCUT2D eigenvalue weighted by molar-refractivity contribution is 0.453. The fourth-order valence-electron chi connectivity index (χ4n) is 2.50. The van der Waals surface area contributed by atoms with Crippen LogP contribution in [0.4, 0.5) is 0 Å². The number of hydrogen-bond donors (Lipinski definition) is 1. The second kappa shape index (κ2) is 7.09. The molecule has 0 aromatic heterocycles. The smallest absolute Gasteiger partial charge is 0.230 e. The highest BCUT2D eigenvalue weighted by atomic mass is 79.9. The van der Waals surface area contributed by atoms with Gasteiger partial charge >= 0.3 is 0 Å². The predicted octanol–water partition coefficient (Wildman–Crippen LogP) is 3.12. The molecule has 9 heteroatoms. The summed E-state index contributed by atoms with van der Waals surface area (Å²) in [7, 11) is -7.40. The molecule has 3 aromatic carbocycles. The van der Waals surface area contributed by atoms with Crippen LogP contribution in [0.2, 0.25) is 0 Å². The van der Waals surface area contributed by atoms with Gasteiger partial charge in [-0.3, -0.25) is 0 Å². The highest BCUT2D eigenvalue weighted by Crippen LogP contribution is 2.26. The Morgan fingerprint density at radius 2 is 1.31 bits per heavy atom. The van der Waals surface area contributed by atoms with E-state index in [9.17, 15) is 16.8 Å². The minimum atomic E-state index is -4.34. The number of halogens is 1. The summed E-state index contributed by atoms with van der Waals surface area (Å²) in [6.07, 6.45) is 0. The Kier molecular flexibility index (Phi) is 5.18. The van der Waals surface area contributed by atoms with Gasteiger partial charge in [-0.15, -0.1) is 0 Å². The van der Waals surface area contributed by atoms with Crippen LogP contribution in [0.5, 0.6) is 0 Å². The Hall–Kier alpha value is -1.78. The topological polar surface area (TPSA) is 83.6 Å². The number of hydrogen-bond acceptors (Lipinski definition) is 5. The first kappa shape index (κ1) is 19.0. The van der Waals surface area contributed by atoms with Crippen LogP contribution in [0.25, 0.3) is 10.8 Å². The van der Waals surface area contributed by atoms with Crippen molar-refractivity contribution in [2.24, 2.45) is 0 Å². The molecular weight excluding hydrogens is 440 g/mol. The van der Waals surface area contributed by atoms with E-state index < -0.39 is 20.0 Å². The monoisotopic (exact) mass is 454 g/mol. The molecule has 0 bridgehead atoms. The first-order chi connectivity index (χ1) is 12.3. The average molecular weight is 455 g/mol. The van der Waals surface area contributed by atoms with Crippen molar-refractivity contribution in [2.45, 2.75) is 9.79 Å². The lowest BCUT2D eigenvalue weighted by atomic mass is 10.1. The number of fused-ring (bicyclic) bond motifs is 1. The van der Waals surface area contributed by atoms with Crippen molar-refractivity contribution in [1.29, 1.82) is 0 Å². The van der Waals surface area contributed by atoms with Crippen LogP contribution in [-0.4, -0.2) is 27.7 Å². The average Bonchev–Trinajstić information content (AvgIpc) is 2.61. The normalized spacial score (nSPS) is 12.6. The SMILES string of the molecule is CNN(S(=O)(=O)c1ccc(Br)cc1)S(=O)(=O)c1ccc2ccccc2c1. The van der Waals surface area contributed by atoms with Crippen molar-refractivity contribution >= 4 is 46.7 Å². The highest BCUT2D eigenvalue weighted by Gasteiger charge is 2.36. The lowest BCUT2D eigenvalue weighted by Gasteiger charge is -2.21. The van der Waals surface area contributed by atoms with Gasteiger partial charge < -0.3 is 0 Å². The molecule has 1 N–H and O–H groups in total. The van der Waals surface area contributed by atoms with Gasteiger partial charge in [0, 0.05) is 11.5 Å². The largest absolute Gasteiger partial charge is 0.269 e. The maximum absolute atomic E-state index is 13.0. The van der Waals surface area contributed by atoms with Gasteiger partial charge in [0.2, 0.25) is 0 Å². The molecule has 0 radical (unpaired) electrons. The second-order valence-corrected chi connectivity index (χ2v) is 10.1. The van der Waals surface area contributed by atoms with Gasteiger partial charge in [-0.1, -0.05) is 46.3 Å². The van der Waals surface area contributed by atoms with E-state index in [-0.39, 0.29) is 13.6 Å². The molecule has 0 atom stereocenters. The van der Waals surface area contributed by atoms with Crippen LogP contribution >= 0.6 is 15.9 Å². The van der Waals surface area contributed by atoms with E-state index >= 15 is 0 Å². The highest BCUT2D eigenvalue weighted by molar-refractivity contribution is 9.10. The van der Waals surface area contributed by atoms with Gasteiger partial charge in [0.15, 0.2) is 0 Å². The quantitative estimate of drug-likeness (QED) is 0.598. The zero-order valence-electron chi connectivity index (χ0n) is 13.6. The van der Waals surface area contributed by atoms with Crippen LogP contribution < -0.4 is 5.43 Å². The Morgan fingerprint density at radius 1 is 0.769 bits per heavy atom. The number of benzene rings is 3. The van der Waals surface area contributed by atoms with Crippen LogP contribution in [0.1, 0.15) is 0 Å². The third kappa shape index (κ3) is 3.40. The van der Waals surface area contributed by atoms with E-state index in [0.717, 1.165) is 5.39 Å². The maximum atomic E-state index is 13.0. The predicted molar refractivity (Wildman–Crippen MR) is 103 cm³/mol. The van der Waals surface area contributed by atoms with E-state index in [1.165, 1.54) is 43.4 Å². The molecule has 3 aromatic rings. The van der Waals surface area contributed by atoms with Gasteiger partial charge in [0.25, 0.3) is 20.0 Å². The van der Waals surface area contributed by atoms with Crippen molar-refractivity contribution < 1.29 is 16.8 Å². The van der Waals surface area contributed by atoms with E-state index in [0.29, 0.717) is 9.86 Å². The molecule has 0 saturated carbocycles. The number of nitrogens with zero attached hydrogens (tertiary/aromatic N) is 1. The zero-order valence-corrected chi connectivity index (χ0v) is 16.8. The summed E-state index contributed by atoms with van der Waals surface area (Å²) in [6.45, 7) is 0. The molecule has 0 fully saturated rings. The molecular formula is C17H15BrN2O4S2.